The number of hydrogen-bond donors (Lipinski definition) is 1. The Labute approximate surface area is 106 Å². The second kappa shape index (κ2) is 5.27. The Bertz CT molecular complexity index is 239. The van der Waals surface area contributed by atoms with Gasteiger partial charge in [-0.1, -0.05) is 19.3 Å². The van der Waals surface area contributed by atoms with Gasteiger partial charge in [-0.05, 0) is 63.1 Å². The van der Waals surface area contributed by atoms with Gasteiger partial charge in [0.15, 0.2) is 0 Å². The molecule has 3 fully saturated rings. The molecule has 2 heteroatoms. The minimum absolute atomic E-state index is 0.708. The minimum atomic E-state index is 0.708. The summed E-state index contributed by atoms with van der Waals surface area (Å²) >= 11 is 0. The van der Waals surface area contributed by atoms with Crippen LogP contribution in [-0.4, -0.2) is 37.6 Å². The summed E-state index contributed by atoms with van der Waals surface area (Å²) in [5.74, 6) is 1.03. The summed E-state index contributed by atoms with van der Waals surface area (Å²) in [6, 6.07) is 0. The second-order valence-corrected chi connectivity index (χ2v) is 6.74. The second-order valence-electron chi connectivity index (χ2n) is 6.74. The van der Waals surface area contributed by atoms with E-state index in [1.54, 1.807) is 0 Å². The van der Waals surface area contributed by atoms with Crippen molar-refractivity contribution < 1.29 is 0 Å². The van der Waals surface area contributed by atoms with Gasteiger partial charge in [0.2, 0.25) is 0 Å². The highest BCUT2D eigenvalue weighted by atomic mass is 15.2. The van der Waals surface area contributed by atoms with Gasteiger partial charge in [-0.3, -0.25) is 0 Å². The third-order valence-electron chi connectivity index (χ3n) is 5.42. The van der Waals surface area contributed by atoms with Crippen LogP contribution in [0.4, 0.5) is 0 Å². The molecule has 0 unspecified atom stereocenters. The van der Waals surface area contributed by atoms with Crippen molar-refractivity contribution in [3.8, 4) is 0 Å². The summed E-state index contributed by atoms with van der Waals surface area (Å²) in [6.07, 6.45) is 11.8. The van der Waals surface area contributed by atoms with E-state index in [4.69, 9.17) is 0 Å². The molecule has 1 N–H and O–H groups in total. The van der Waals surface area contributed by atoms with E-state index in [9.17, 15) is 0 Å². The average molecular weight is 236 g/mol. The van der Waals surface area contributed by atoms with E-state index in [-0.39, 0.29) is 0 Å². The number of likely N-dealkylation sites (tertiary alicyclic amines) is 1. The molecule has 2 nitrogen and oxygen atoms in total. The Morgan fingerprint density at radius 2 is 1.76 bits per heavy atom. The summed E-state index contributed by atoms with van der Waals surface area (Å²) in [6.45, 7) is 6.73. The zero-order valence-corrected chi connectivity index (χ0v) is 11.2. The summed E-state index contributed by atoms with van der Waals surface area (Å²) in [5.41, 5.74) is 0.708. The van der Waals surface area contributed by atoms with Crippen molar-refractivity contribution in [1.29, 1.82) is 0 Å². The van der Waals surface area contributed by atoms with Gasteiger partial charge >= 0.3 is 0 Å². The third-order valence-corrected chi connectivity index (χ3v) is 5.42. The Morgan fingerprint density at radius 3 is 2.53 bits per heavy atom. The fraction of sp³-hybridized carbons (Fsp3) is 1.00. The Morgan fingerprint density at radius 1 is 1.00 bits per heavy atom. The zero-order chi connectivity index (χ0) is 11.6. The minimum Gasteiger partial charge on any atom is -0.317 e. The molecule has 0 amide bonds. The first-order valence-electron chi connectivity index (χ1n) is 7.79. The number of hydrogen-bond acceptors (Lipinski definition) is 2. The SMILES string of the molecule is C1CCC(CN2CCC3(CCNCC3)C2)CC1. The lowest BCUT2D eigenvalue weighted by Crippen LogP contribution is -2.39. The summed E-state index contributed by atoms with van der Waals surface area (Å²) in [4.78, 5) is 2.79. The summed E-state index contributed by atoms with van der Waals surface area (Å²) < 4.78 is 0. The Balaban J connectivity index is 1.49. The molecule has 0 aromatic rings. The Kier molecular flexibility index (Phi) is 3.72. The topological polar surface area (TPSA) is 15.3 Å². The molecule has 1 aliphatic carbocycles. The smallest absolute Gasteiger partial charge is 0.00395 e. The van der Waals surface area contributed by atoms with Crippen LogP contribution in [0.25, 0.3) is 0 Å². The van der Waals surface area contributed by atoms with Crippen molar-refractivity contribution in [1.82, 2.24) is 10.2 Å². The number of nitrogens with zero attached hydrogens (tertiary/aromatic N) is 1. The molecule has 2 aliphatic heterocycles. The quantitative estimate of drug-likeness (QED) is 0.793. The lowest BCUT2D eigenvalue weighted by atomic mass is 9.78. The van der Waals surface area contributed by atoms with Crippen LogP contribution in [-0.2, 0) is 0 Å². The maximum absolute atomic E-state index is 3.51. The van der Waals surface area contributed by atoms with Gasteiger partial charge in [0, 0.05) is 13.1 Å². The predicted octanol–water partition coefficient (Wildman–Crippen LogP) is 2.64. The Hall–Kier alpha value is -0.0800. The largest absolute Gasteiger partial charge is 0.317 e. The van der Waals surface area contributed by atoms with Crippen molar-refractivity contribution in [2.45, 2.75) is 51.4 Å². The zero-order valence-electron chi connectivity index (χ0n) is 11.2. The van der Waals surface area contributed by atoms with Crippen LogP contribution < -0.4 is 5.32 Å². The van der Waals surface area contributed by atoms with Gasteiger partial charge in [0.05, 0.1) is 0 Å². The fourth-order valence-electron chi connectivity index (χ4n) is 4.28. The molecule has 0 aromatic carbocycles. The number of nitrogens with one attached hydrogen (secondary N) is 1. The first-order chi connectivity index (χ1) is 8.36. The van der Waals surface area contributed by atoms with E-state index in [0.717, 1.165) is 5.92 Å². The molecule has 3 rings (SSSR count). The van der Waals surface area contributed by atoms with Gasteiger partial charge in [-0.15, -0.1) is 0 Å². The molecule has 3 aliphatic rings. The van der Waals surface area contributed by atoms with Crippen LogP contribution in [0.2, 0.25) is 0 Å². The van der Waals surface area contributed by atoms with Crippen molar-refractivity contribution in [2.24, 2.45) is 11.3 Å². The van der Waals surface area contributed by atoms with Crippen LogP contribution in [0, 0.1) is 11.3 Å². The van der Waals surface area contributed by atoms with Gasteiger partial charge in [0.1, 0.15) is 0 Å². The molecule has 1 saturated carbocycles. The number of rotatable bonds is 2. The van der Waals surface area contributed by atoms with Crippen LogP contribution in [0.1, 0.15) is 51.4 Å². The van der Waals surface area contributed by atoms with Crippen LogP contribution in [0.3, 0.4) is 0 Å². The van der Waals surface area contributed by atoms with Gasteiger partial charge in [-0.2, -0.15) is 0 Å². The standard InChI is InChI=1S/C15H28N2/c1-2-4-14(5-3-1)12-17-11-8-15(13-17)6-9-16-10-7-15/h14,16H,1-13H2. The monoisotopic (exact) mass is 236 g/mol. The molecule has 2 saturated heterocycles. The van der Waals surface area contributed by atoms with Crippen LogP contribution in [0.15, 0.2) is 0 Å². The van der Waals surface area contributed by atoms with E-state index in [1.165, 1.54) is 84.1 Å². The molecular formula is C15H28N2. The van der Waals surface area contributed by atoms with E-state index < -0.39 is 0 Å². The predicted molar refractivity (Wildman–Crippen MR) is 72.2 cm³/mol. The molecule has 0 aromatic heterocycles. The molecule has 2 heterocycles. The highest BCUT2D eigenvalue weighted by Crippen LogP contribution is 2.39. The molecule has 0 atom stereocenters. The average Bonchev–Trinajstić information content (AvgIpc) is 2.74. The molecule has 17 heavy (non-hydrogen) atoms. The maximum Gasteiger partial charge on any atom is 0.00395 e. The van der Waals surface area contributed by atoms with E-state index in [1.807, 2.05) is 0 Å². The fourth-order valence-corrected chi connectivity index (χ4v) is 4.28. The van der Waals surface area contributed by atoms with Crippen molar-refractivity contribution in [3.05, 3.63) is 0 Å². The van der Waals surface area contributed by atoms with Gasteiger partial charge in [0.25, 0.3) is 0 Å². The van der Waals surface area contributed by atoms with Crippen molar-refractivity contribution in [3.63, 3.8) is 0 Å². The molecule has 98 valence electrons. The van der Waals surface area contributed by atoms with Gasteiger partial charge in [-0.25, -0.2) is 0 Å². The third kappa shape index (κ3) is 2.85. The molecule has 0 bridgehead atoms. The first-order valence-corrected chi connectivity index (χ1v) is 7.79. The van der Waals surface area contributed by atoms with Crippen molar-refractivity contribution >= 4 is 0 Å². The molecular weight excluding hydrogens is 208 g/mol. The first kappa shape index (κ1) is 12.0. The molecule has 0 radical (unpaired) electrons. The summed E-state index contributed by atoms with van der Waals surface area (Å²) in [5, 5.41) is 3.51. The van der Waals surface area contributed by atoms with Crippen LogP contribution in [0.5, 0.6) is 0 Å². The highest BCUT2D eigenvalue weighted by Gasteiger charge is 2.39. The normalized spacial score (nSPS) is 31.1. The lowest BCUT2D eigenvalue weighted by molar-refractivity contribution is 0.175. The van der Waals surface area contributed by atoms with Crippen molar-refractivity contribution in [2.75, 3.05) is 32.7 Å². The maximum atomic E-state index is 3.51. The molecule has 1 spiro atoms. The lowest BCUT2D eigenvalue weighted by Gasteiger charge is -2.34. The highest BCUT2D eigenvalue weighted by molar-refractivity contribution is 4.93. The van der Waals surface area contributed by atoms with Gasteiger partial charge < -0.3 is 10.2 Å². The van der Waals surface area contributed by atoms with Crippen LogP contribution >= 0.6 is 0 Å². The van der Waals surface area contributed by atoms with E-state index in [2.05, 4.69) is 10.2 Å². The number of piperidine rings is 1. The van der Waals surface area contributed by atoms with E-state index >= 15 is 0 Å². The van der Waals surface area contributed by atoms with E-state index in [0.29, 0.717) is 5.41 Å². The summed E-state index contributed by atoms with van der Waals surface area (Å²) in [7, 11) is 0.